The van der Waals surface area contributed by atoms with Gasteiger partial charge in [0.2, 0.25) is 0 Å². The SMILES string of the molecule is Cc1cc(N2C[C@@H]3CCNC[C@@H]32)cnc1Cl. The molecule has 16 heavy (non-hydrogen) atoms. The molecule has 4 heteroatoms. The zero-order valence-electron chi connectivity index (χ0n) is 9.41. The van der Waals surface area contributed by atoms with Gasteiger partial charge in [-0.25, -0.2) is 4.98 Å². The highest BCUT2D eigenvalue weighted by Gasteiger charge is 2.40. The Morgan fingerprint density at radius 3 is 3.19 bits per heavy atom. The number of rotatable bonds is 1. The molecule has 0 unspecified atom stereocenters. The molecule has 2 atom stereocenters. The number of aryl methyl sites for hydroxylation is 1. The minimum Gasteiger partial charge on any atom is -0.365 e. The van der Waals surface area contributed by atoms with Crippen molar-refractivity contribution < 1.29 is 0 Å². The van der Waals surface area contributed by atoms with Crippen LogP contribution < -0.4 is 10.2 Å². The molecule has 0 saturated carbocycles. The van der Waals surface area contributed by atoms with Crippen LogP contribution in [0.25, 0.3) is 0 Å². The second-order valence-corrected chi connectivity index (χ2v) is 5.13. The Balaban J connectivity index is 1.80. The van der Waals surface area contributed by atoms with Crippen molar-refractivity contribution in [1.29, 1.82) is 0 Å². The minimum absolute atomic E-state index is 0.614. The Bertz CT molecular complexity index is 407. The maximum atomic E-state index is 5.94. The van der Waals surface area contributed by atoms with Gasteiger partial charge in [-0.05, 0) is 37.4 Å². The molecular weight excluding hydrogens is 222 g/mol. The summed E-state index contributed by atoms with van der Waals surface area (Å²) in [5, 5.41) is 4.07. The van der Waals surface area contributed by atoms with Crippen LogP contribution in [0, 0.1) is 12.8 Å². The molecule has 2 fully saturated rings. The van der Waals surface area contributed by atoms with Crippen molar-refractivity contribution in [1.82, 2.24) is 10.3 Å². The van der Waals surface area contributed by atoms with Crippen LogP contribution in [0.2, 0.25) is 5.15 Å². The first-order valence-electron chi connectivity index (χ1n) is 5.85. The summed E-state index contributed by atoms with van der Waals surface area (Å²) in [6.07, 6.45) is 3.20. The quantitative estimate of drug-likeness (QED) is 0.756. The zero-order valence-corrected chi connectivity index (χ0v) is 10.2. The molecule has 86 valence electrons. The van der Waals surface area contributed by atoms with Gasteiger partial charge in [0.1, 0.15) is 5.15 Å². The number of pyridine rings is 1. The molecule has 0 aromatic carbocycles. The number of anilines is 1. The van der Waals surface area contributed by atoms with Crippen molar-refractivity contribution in [2.75, 3.05) is 24.5 Å². The fourth-order valence-corrected chi connectivity index (χ4v) is 2.82. The van der Waals surface area contributed by atoms with Crippen LogP contribution in [0.15, 0.2) is 12.3 Å². The molecule has 0 amide bonds. The van der Waals surface area contributed by atoms with Crippen molar-refractivity contribution in [2.45, 2.75) is 19.4 Å². The Labute approximate surface area is 101 Å². The van der Waals surface area contributed by atoms with Gasteiger partial charge in [-0.3, -0.25) is 0 Å². The molecule has 0 radical (unpaired) electrons. The summed E-state index contributed by atoms with van der Waals surface area (Å²) in [5.74, 6) is 0.872. The summed E-state index contributed by atoms with van der Waals surface area (Å²) in [7, 11) is 0. The van der Waals surface area contributed by atoms with Crippen LogP contribution in [0.5, 0.6) is 0 Å². The smallest absolute Gasteiger partial charge is 0.132 e. The Morgan fingerprint density at radius 1 is 1.56 bits per heavy atom. The number of fused-ring (bicyclic) bond motifs is 1. The topological polar surface area (TPSA) is 28.2 Å². The number of hydrogen-bond acceptors (Lipinski definition) is 3. The van der Waals surface area contributed by atoms with Crippen molar-refractivity contribution in [3.63, 3.8) is 0 Å². The summed E-state index contributed by atoms with van der Waals surface area (Å²) < 4.78 is 0. The van der Waals surface area contributed by atoms with Crippen molar-refractivity contribution in [3.8, 4) is 0 Å². The summed E-state index contributed by atoms with van der Waals surface area (Å²) in [4.78, 5) is 6.66. The molecule has 2 aliphatic rings. The third-order valence-electron chi connectivity index (χ3n) is 3.75. The fourth-order valence-electron chi connectivity index (χ4n) is 2.72. The van der Waals surface area contributed by atoms with Gasteiger partial charge in [0.05, 0.1) is 11.9 Å². The molecular formula is C12H16ClN3. The maximum Gasteiger partial charge on any atom is 0.132 e. The predicted molar refractivity (Wildman–Crippen MR) is 66.1 cm³/mol. The first kappa shape index (κ1) is 10.4. The second kappa shape index (κ2) is 3.90. The molecule has 1 aromatic rings. The Kier molecular flexibility index (Phi) is 2.52. The van der Waals surface area contributed by atoms with Crippen molar-refractivity contribution in [2.24, 2.45) is 5.92 Å². The van der Waals surface area contributed by atoms with E-state index in [2.05, 4.69) is 21.3 Å². The highest BCUT2D eigenvalue weighted by Crippen LogP contribution is 2.34. The molecule has 1 aromatic heterocycles. The Hall–Kier alpha value is -0.800. The normalized spacial score (nSPS) is 28.5. The Morgan fingerprint density at radius 2 is 2.44 bits per heavy atom. The van der Waals surface area contributed by atoms with Gasteiger partial charge in [-0.1, -0.05) is 11.6 Å². The lowest BCUT2D eigenvalue weighted by atomic mass is 9.83. The highest BCUT2D eigenvalue weighted by molar-refractivity contribution is 6.30. The zero-order chi connectivity index (χ0) is 11.1. The largest absolute Gasteiger partial charge is 0.365 e. The lowest BCUT2D eigenvalue weighted by molar-refractivity contribution is 0.229. The van der Waals surface area contributed by atoms with Gasteiger partial charge in [0.15, 0.2) is 0 Å². The maximum absolute atomic E-state index is 5.94. The average molecular weight is 238 g/mol. The third-order valence-corrected chi connectivity index (χ3v) is 4.15. The third kappa shape index (κ3) is 1.59. The molecule has 0 aliphatic carbocycles. The summed E-state index contributed by atoms with van der Waals surface area (Å²) in [6.45, 7) is 5.46. The van der Waals surface area contributed by atoms with E-state index >= 15 is 0 Å². The molecule has 0 bridgehead atoms. The predicted octanol–water partition coefficient (Wildman–Crippen LogP) is 1.84. The van der Waals surface area contributed by atoms with E-state index in [0.29, 0.717) is 11.2 Å². The summed E-state index contributed by atoms with van der Waals surface area (Å²) in [5.41, 5.74) is 2.28. The van der Waals surface area contributed by atoms with Gasteiger partial charge in [-0.15, -0.1) is 0 Å². The number of piperidine rings is 1. The molecule has 3 heterocycles. The van der Waals surface area contributed by atoms with E-state index < -0.39 is 0 Å². The standard InChI is InChI=1S/C12H16ClN3/c1-8-4-10(5-15-12(8)13)16-7-9-2-3-14-6-11(9)16/h4-5,9,11,14H,2-3,6-7H2,1H3/t9-,11-/m0/s1. The molecule has 2 saturated heterocycles. The van der Waals surface area contributed by atoms with Gasteiger partial charge in [-0.2, -0.15) is 0 Å². The molecule has 3 rings (SSSR count). The van der Waals surface area contributed by atoms with Crippen LogP contribution in [-0.2, 0) is 0 Å². The van der Waals surface area contributed by atoms with E-state index in [1.807, 2.05) is 13.1 Å². The number of nitrogens with zero attached hydrogens (tertiary/aromatic N) is 2. The molecule has 3 nitrogen and oxygen atoms in total. The van der Waals surface area contributed by atoms with Gasteiger partial charge < -0.3 is 10.2 Å². The number of nitrogens with one attached hydrogen (secondary N) is 1. The minimum atomic E-state index is 0.614. The monoisotopic (exact) mass is 237 g/mol. The first-order valence-corrected chi connectivity index (χ1v) is 6.23. The first-order chi connectivity index (χ1) is 7.75. The summed E-state index contributed by atoms with van der Waals surface area (Å²) >= 11 is 5.94. The van der Waals surface area contributed by atoms with Gasteiger partial charge in [0.25, 0.3) is 0 Å². The van der Waals surface area contributed by atoms with E-state index in [-0.39, 0.29) is 0 Å². The van der Waals surface area contributed by atoms with Gasteiger partial charge in [0, 0.05) is 19.1 Å². The highest BCUT2D eigenvalue weighted by atomic mass is 35.5. The molecule has 0 spiro atoms. The number of hydrogen-bond donors (Lipinski definition) is 1. The fraction of sp³-hybridized carbons (Fsp3) is 0.583. The average Bonchev–Trinajstić information content (AvgIpc) is 2.25. The van der Waals surface area contributed by atoms with Crippen molar-refractivity contribution in [3.05, 3.63) is 23.0 Å². The second-order valence-electron chi connectivity index (χ2n) is 4.77. The van der Waals surface area contributed by atoms with E-state index in [1.165, 1.54) is 25.2 Å². The van der Waals surface area contributed by atoms with Crippen LogP contribution in [-0.4, -0.2) is 30.7 Å². The van der Waals surface area contributed by atoms with Crippen molar-refractivity contribution >= 4 is 17.3 Å². The van der Waals surface area contributed by atoms with E-state index in [4.69, 9.17) is 11.6 Å². The lowest BCUT2D eigenvalue weighted by Gasteiger charge is -2.52. The molecule has 1 N–H and O–H groups in total. The van der Waals surface area contributed by atoms with E-state index in [9.17, 15) is 0 Å². The van der Waals surface area contributed by atoms with Crippen LogP contribution in [0.1, 0.15) is 12.0 Å². The van der Waals surface area contributed by atoms with Gasteiger partial charge >= 0.3 is 0 Å². The molecule has 2 aliphatic heterocycles. The van der Waals surface area contributed by atoms with E-state index in [0.717, 1.165) is 18.0 Å². The van der Waals surface area contributed by atoms with E-state index in [1.54, 1.807) is 0 Å². The van der Waals surface area contributed by atoms with Crippen LogP contribution in [0.3, 0.4) is 0 Å². The lowest BCUT2D eigenvalue weighted by Crippen LogP contribution is -2.63. The van der Waals surface area contributed by atoms with Crippen LogP contribution in [0.4, 0.5) is 5.69 Å². The summed E-state index contributed by atoms with van der Waals surface area (Å²) in [6, 6.07) is 2.80. The van der Waals surface area contributed by atoms with Crippen LogP contribution >= 0.6 is 11.6 Å². The number of halogens is 1. The number of aromatic nitrogens is 1.